The van der Waals surface area contributed by atoms with Crippen molar-refractivity contribution in [2.45, 2.75) is 43.4 Å². The maximum Gasteiger partial charge on any atom is 0.257 e. The zero-order chi connectivity index (χ0) is 27.1. The Morgan fingerprint density at radius 3 is 2.34 bits per heavy atom. The van der Waals surface area contributed by atoms with Crippen molar-refractivity contribution in [3.8, 4) is 11.5 Å². The molecule has 2 aromatic carbocycles. The van der Waals surface area contributed by atoms with E-state index in [0.29, 0.717) is 38.7 Å². The van der Waals surface area contributed by atoms with Crippen molar-refractivity contribution in [1.82, 2.24) is 15.1 Å². The third-order valence-corrected chi connectivity index (χ3v) is 8.90. The average molecular weight is 571 g/mol. The number of carbonyl (C=O) groups is 1. The Kier molecular flexibility index (Phi) is 7.02. The van der Waals surface area contributed by atoms with Gasteiger partial charge in [0.15, 0.2) is 15.7 Å². The molecule has 2 heterocycles. The van der Waals surface area contributed by atoms with E-state index in [9.17, 15) is 13.2 Å². The first-order valence-corrected chi connectivity index (χ1v) is 14.4. The highest BCUT2D eigenvalue weighted by Gasteiger charge is 2.52. The number of halogens is 2. The SMILES string of the molecule is CCS(=O)(=O)c1ccc(CC(=O)Nc2cc(Cl)c(C3(c4noc(-c5ccc(C)cc5)n4)CC3)c(Cl)c2)nc1. The van der Waals surface area contributed by atoms with E-state index in [1.165, 1.54) is 18.3 Å². The number of nitrogens with zero attached hydrogens (tertiary/aromatic N) is 3. The normalized spacial score (nSPS) is 14.3. The lowest BCUT2D eigenvalue weighted by Crippen LogP contribution is -2.17. The fourth-order valence-corrected chi connectivity index (χ4v) is 5.95. The second-order valence-electron chi connectivity index (χ2n) is 9.30. The van der Waals surface area contributed by atoms with E-state index >= 15 is 0 Å². The first-order valence-electron chi connectivity index (χ1n) is 12.0. The van der Waals surface area contributed by atoms with Crippen LogP contribution in [-0.2, 0) is 26.5 Å². The number of aryl methyl sites for hydroxylation is 1. The molecule has 0 atom stereocenters. The van der Waals surface area contributed by atoms with Crippen LogP contribution in [0.4, 0.5) is 5.69 Å². The Bertz CT molecular complexity index is 1590. The zero-order valence-electron chi connectivity index (χ0n) is 20.7. The van der Waals surface area contributed by atoms with Gasteiger partial charge >= 0.3 is 0 Å². The summed E-state index contributed by atoms with van der Waals surface area (Å²) in [6.45, 7) is 3.57. The molecule has 0 aliphatic heterocycles. The standard InChI is InChI=1S/C27H24Cl2N4O4S/c1-3-38(35,36)20-9-8-18(30-15-20)14-23(34)31-19-12-21(28)24(22(29)13-19)27(10-11-27)26-32-25(37-33-26)17-6-4-16(2)5-7-17/h4-9,12-13,15H,3,10-11,14H2,1-2H3,(H,31,34). The van der Waals surface area contributed by atoms with Gasteiger partial charge in [0, 0.05) is 38.8 Å². The topological polar surface area (TPSA) is 115 Å². The van der Waals surface area contributed by atoms with Gasteiger partial charge in [0.25, 0.3) is 5.89 Å². The van der Waals surface area contributed by atoms with E-state index in [2.05, 4.69) is 20.4 Å². The van der Waals surface area contributed by atoms with Crippen molar-refractivity contribution < 1.29 is 17.7 Å². The van der Waals surface area contributed by atoms with Crippen molar-refractivity contribution >= 4 is 44.6 Å². The molecule has 0 saturated heterocycles. The van der Waals surface area contributed by atoms with E-state index in [4.69, 9.17) is 27.7 Å². The summed E-state index contributed by atoms with van der Waals surface area (Å²) in [5.41, 5.74) is 2.98. The summed E-state index contributed by atoms with van der Waals surface area (Å²) in [5.74, 6) is 0.587. The first-order chi connectivity index (χ1) is 18.1. The number of hydrogen-bond donors (Lipinski definition) is 1. The molecule has 0 unspecified atom stereocenters. The Morgan fingerprint density at radius 2 is 1.76 bits per heavy atom. The van der Waals surface area contributed by atoms with Crippen LogP contribution in [0.15, 0.2) is 64.1 Å². The van der Waals surface area contributed by atoms with E-state index in [-0.39, 0.29) is 23.0 Å². The molecule has 2 aromatic heterocycles. The molecule has 1 aliphatic carbocycles. The number of nitrogens with one attached hydrogen (secondary N) is 1. The van der Waals surface area contributed by atoms with Gasteiger partial charge in [-0.1, -0.05) is 53.0 Å². The van der Waals surface area contributed by atoms with Crippen molar-refractivity contribution in [2.75, 3.05) is 11.1 Å². The molecule has 1 N–H and O–H groups in total. The van der Waals surface area contributed by atoms with Gasteiger partial charge in [-0.05, 0) is 56.2 Å². The molecule has 1 saturated carbocycles. The van der Waals surface area contributed by atoms with Crippen molar-refractivity contribution in [3.05, 3.63) is 87.4 Å². The summed E-state index contributed by atoms with van der Waals surface area (Å²) in [6, 6.07) is 14.1. The van der Waals surface area contributed by atoms with Crippen LogP contribution in [0, 0.1) is 6.92 Å². The molecular weight excluding hydrogens is 547 g/mol. The van der Waals surface area contributed by atoms with E-state index in [1.54, 1.807) is 19.1 Å². The lowest BCUT2D eigenvalue weighted by Gasteiger charge is -2.17. The number of carbonyl (C=O) groups excluding carboxylic acids is 1. The van der Waals surface area contributed by atoms with Gasteiger partial charge in [-0.3, -0.25) is 9.78 Å². The van der Waals surface area contributed by atoms with Crippen LogP contribution in [0.5, 0.6) is 0 Å². The predicted octanol–water partition coefficient (Wildman–Crippen LogP) is 5.80. The second kappa shape index (κ2) is 10.1. The van der Waals surface area contributed by atoms with Crippen LogP contribution in [0.3, 0.4) is 0 Å². The lowest BCUT2D eigenvalue weighted by atomic mass is 9.94. The van der Waals surface area contributed by atoms with Crippen LogP contribution < -0.4 is 5.32 Å². The quantitative estimate of drug-likeness (QED) is 0.284. The molecule has 0 spiro atoms. The molecule has 1 aliphatic rings. The van der Waals surface area contributed by atoms with Crippen LogP contribution in [0.2, 0.25) is 10.0 Å². The van der Waals surface area contributed by atoms with Gasteiger partial charge < -0.3 is 9.84 Å². The van der Waals surface area contributed by atoms with Crippen LogP contribution >= 0.6 is 23.2 Å². The van der Waals surface area contributed by atoms with Gasteiger partial charge in [0.1, 0.15) is 0 Å². The van der Waals surface area contributed by atoms with Gasteiger partial charge in [0.05, 0.1) is 22.5 Å². The minimum Gasteiger partial charge on any atom is -0.334 e. The number of amides is 1. The molecule has 11 heteroatoms. The molecule has 196 valence electrons. The molecule has 5 rings (SSSR count). The number of hydrogen-bond acceptors (Lipinski definition) is 7. The molecule has 4 aromatic rings. The van der Waals surface area contributed by atoms with Crippen LogP contribution in [0.1, 0.15) is 42.4 Å². The minimum absolute atomic E-state index is 0.0199. The Morgan fingerprint density at radius 1 is 1.08 bits per heavy atom. The number of aromatic nitrogens is 3. The third kappa shape index (κ3) is 5.18. The molecule has 8 nitrogen and oxygen atoms in total. The smallest absolute Gasteiger partial charge is 0.257 e. The van der Waals surface area contributed by atoms with Gasteiger partial charge in [0.2, 0.25) is 5.91 Å². The number of anilines is 1. The fraction of sp³-hybridized carbons (Fsp3) is 0.259. The Balaban J connectivity index is 1.32. The van der Waals surface area contributed by atoms with Crippen molar-refractivity contribution in [2.24, 2.45) is 0 Å². The van der Waals surface area contributed by atoms with Gasteiger partial charge in [-0.2, -0.15) is 4.98 Å². The summed E-state index contributed by atoms with van der Waals surface area (Å²) >= 11 is 13.4. The van der Waals surface area contributed by atoms with Crippen molar-refractivity contribution in [3.63, 3.8) is 0 Å². The predicted molar refractivity (Wildman–Crippen MR) is 145 cm³/mol. The number of rotatable bonds is 8. The zero-order valence-corrected chi connectivity index (χ0v) is 23.0. The summed E-state index contributed by atoms with van der Waals surface area (Å²) in [7, 11) is -3.35. The molecule has 1 amide bonds. The van der Waals surface area contributed by atoms with Crippen LogP contribution in [0.25, 0.3) is 11.5 Å². The maximum atomic E-state index is 12.6. The number of sulfone groups is 1. The van der Waals surface area contributed by atoms with Crippen molar-refractivity contribution in [1.29, 1.82) is 0 Å². The summed E-state index contributed by atoms with van der Waals surface area (Å²) in [6.07, 6.45) is 2.75. The largest absolute Gasteiger partial charge is 0.334 e. The number of benzene rings is 2. The first kappa shape index (κ1) is 26.3. The van der Waals surface area contributed by atoms with Gasteiger partial charge in [-0.25, -0.2) is 8.42 Å². The highest BCUT2D eigenvalue weighted by Crippen LogP contribution is 2.57. The van der Waals surface area contributed by atoms with E-state index in [0.717, 1.165) is 24.0 Å². The maximum absolute atomic E-state index is 12.6. The Labute approximate surface area is 230 Å². The lowest BCUT2D eigenvalue weighted by molar-refractivity contribution is -0.115. The monoisotopic (exact) mass is 570 g/mol. The summed E-state index contributed by atoms with van der Waals surface area (Å²) in [4.78, 5) is 21.5. The minimum atomic E-state index is -3.35. The highest BCUT2D eigenvalue weighted by atomic mass is 35.5. The number of pyridine rings is 1. The Hall–Kier alpha value is -3.27. The third-order valence-electron chi connectivity index (χ3n) is 6.59. The molecule has 38 heavy (non-hydrogen) atoms. The second-order valence-corrected chi connectivity index (χ2v) is 12.4. The molecule has 0 bridgehead atoms. The van der Waals surface area contributed by atoms with Gasteiger partial charge in [-0.15, -0.1) is 0 Å². The van der Waals surface area contributed by atoms with E-state index < -0.39 is 15.3 Å². The highest BCUT2D eigenvalue weighted by molar-refractivity contribution is 7.91. The van der Waals surface area contributed by atoms with E-state index in [1.807, 2.05) is 31.2 Å². The fourth-order valence-electron chi connectivity index (χ4n) is 4.28. The summed E-state index contributed by atoms with van der Waals surface area (Å²) < 4.78 is 29.4. The average Bonchev–Trinajstić information content (AvgIpc) is 3.51. The van der Waals surface area contributed by atoms with Crippen LogP contribution in [-0.4, -0.2) is 35.2 Å². The molecular formula is C27H24Cl2N4O4S. The summed E-state index contributed by atoms with van der Waals surface area (Å²) in [5, 5.41) is 7.79. The molecule has 1 fully saturated rings. The molecule has 0 radical (unpaired) electrons.